The van der Waals surface area contributed by atoms with E-state index in [0.29, 0.717) is 32.6 Å². The van der Waals surface area contributed by atoms with Gasteiger partial charge in [0.1, 0.15) is 11.6 Å². The van der Waals surface area contributed by atoms with Crippen molar-refractivity contribution < 1.29 is 17.6 Å². The number of benzene rings is 2. The highest BCUT2D eigenvalue weighted by Crippen LogP contribution is 2.40. The van der Waals surface area contributed by atoms with E-state index < -0.39 is 21.7 Å². The van der Waals surface area contributed by atoms with E-state index in [1.54, 1.807) is 23.9 Å². The zero-order chi connectivity index (χ0) is 24.6. The number of halogens is 3. The molecule has 178 valence electrons. The number of sulfonamides is 1. The van der Waals surface area contributed by atoms with Gasteiger partial charge >= 0.3 is 0 Å². The van der Waals surface area contributed by atoms with Gasteiger partial charge in [-0.1, -0.05) is 35.3 Å². The van der Waals surface area contributed by atoms with Crippen LogP contribution in [-0.4, -0.2) is 32.1 Å². The molecule has 1 atom stereocenters. The van der Waals surface area contributed by atoms with Gasteiger partial charge in [0.15, 0.2) is 0 Å². The lowest BCUT2D eigenvalue weighted by Gasteiger charge is -2.27. The van der Waals surface area contributed by atoms with Crippen LogP contribution in [0.25, 0.3) is 11.1 Å². The van der Waals surface area contributed by atoms with E-state index in [1.807, 2.05) is 24.3 Å². The Bertz CT molecular complexity index is 1380. The number of nitrogens with zero attached hydrogens (tertiary/aromatic N) is 2. The molecule has 0 bridgehead atoms. The van der Waals surface area contributed by atoms with E-state index in [0.717, 1.165) is 31.2 Å². The first-order valence-electron chi connectivity index (χ1n) is 10.5. The summed E-state index contributed by atoms with van der Waals surface area (Å²) in [6.45, 7) is 2.49. The predicted octanol–water partition coefficient (Wildman–Crippen LogP) is 5.53. The minimum Gasteiger partial charge on any atom is -0.348 e. The van der Waals surface area contributed by atoms with Gasteiger partial charge in [0.05, 0.1) is 22.9 Å². The molecule has 0 spiro atoms. The normalized spacial score (nSPS) is 16.0. The Hall–Kier alpha value is -2.68. The molecule has 2 heterocycles. The van der Waals surface area contributed by atoms with Gasteiger partial charge in [0, 0.05) is 23.3 Å². The topological polar surface area (TPSA) is 79.4 Å². The SMILES string of the molecule is Cc1cc(C(=O)NS(C)(=O)=O)c(F)cc1-c1cnc(N2CCC[C@H]2c2cccc(Cl)c2)c(Cl)c1. The molecule has 3 aromatic rings. The Morgan fingerprint density at radius 3 is 2.65 bits per heavy atom. The van der Waals surface area contributed by atoms with Crippen molar-refractivity contribution in [2.75, 3.05) is 17.7 Å². The van der Waals surface area contributed by atoms with Crippen molar-refractivity contribution in [1.82, 2.24) is 9.71 Å². The Morgan fingerprint density at radius 2 is 1.97 bits per heavy atom. The zero-order valence-corrected chi connectivity index (χ0v) is 20.8. The van der Waals surface area contributed by atoms with Crippen molar-refractivity contribution in [2.45, 2.75) is 25.8 Å². The van der Waals surface area contributed by atoms with Gasteiger partial charge in [0.2, 0.25) is 10.0 Å². The average molecular weight is 522 g/mol. The van der Waals surface area contributed by atoms with Crippen LogP contribution in [0.1, 0.15) is 40.4 Å². The highest BCUT2D eigenvalue weighted by molar-refractivity contribution is 7.89. The van der Waals surface area contributed by atoms with Crippen molar-refractivity contribution in [1.29, 1.82) is 0 Å². The van der Waals surface area contributed by atoms with Crippen LogP contribution in [-0.2, 0) is 10.0 Å². The molecule has 4 rings (SSSR count). The van der Waals surface area contributed by atoms with Gasteiger partial charge in [-0.05, 0) is 66.8 Å². The number of aryl methyl sites for hydroxylation is 1. The van der Waals surface area contributed by atoms with Crippen molar-refractivity contribution in [3.05, 3.63) is 81.2 Å². The lowest BCUT2D eigenvalue weighted by atomic mass is 9.98. The molecule has 6 nitrogen and oxygen atoms in total. The van der Waals surface area contributed by atoms with Crippen molar-refractivity contribution in [3.8, 4) is 11.1 Å². The fourth-order valence-electron chi connectivity index (χ4n) is 4.26. The van der Waals surface area contributed by atoms with Crippen LogP contribution in [0.2, 0.25) is 10.0 Å². The van der Waals surface area contributed by atoms with E-state index in [-0.39, 0.29) is 11.6 Å². The lowest BCUT2D eigenvalue weighted by molar-refractivity contribution is 0.0977. The van der Waals surface area contributed by atoms with Crippen LogP contribution >= 0.6 is 23.2 Å². The maximum Gasteiger partial charge on any atom is 0.267 e. The van der Waals surface area contributed by atoms with E-state index >= 15 is 0 Å². The van der Waals surface area contributed by atoms with Gasteiger partial charge in [-0.25, -0.2) is 22.5 Å². The van der Waals surface area contributed by atoms with E-state index in [4.69, 9.17) is 23.2 Å². The molecule has 1 fully saturated rings. The predicted molar refractivity (Wildman–Crippen MR) is 132 cm³/mol. The molecule has 1 saturated heterocycles. The smallest absolute Gasteiger partial charge is 0.267 e. The summed E-state index contributed by atoms with van der Waals surface area (Å²) >= 11 is 12.8. The quantitative estimate of drug-likeness (QED) is 0.477. The van der Waals surface area contributed by atoms with Crippen molar-refractivity contribution in [2.24, 2.45) is 0 Å². The molecule has 1 N–H and O–H groups in total. The van der Waals surface area contributed by atoms with Gasteiger partial charge < -0.3 is 4.90 Å². The number of anilines is 1. The van der Waals surface area contributed by atoms with E-state index in [2.05, 4.69) is 9.88 Å². The first kappa shape index (κ1) is 24.4. The lowest BCUT2D eigenvalue weighted by Crippen LogP contribution is -2.30. The number of hydrogen-bond donors (Lipinski definition) is 1. The monoisotopic (exact) mass is 521 g/mol. The molecule has 0 aliphatic carbocycles. The van der Waals surface area contributed by atoms with Crippen LogP contribution in [0, 0.1) is 12.7 Å². The second kappa shape index (κ2) is 9.52. The summed E-state index contributed by atoms with van der Waals surface area (Å²) in [7, 11) is -3.81. The average Bonchev–Trinajstić information content (AvgIpc) is 3.23. The number of hydrogen-bond acceptors (Lipinski definition) is 5. The highest BCUT2D eigenvalue weighted by atomic mass is 35.5. The van der Waals surface area contributed by atoms with Gasteiger partial charge in [-0.2, -0.15) is 0 Å². The van der Waals surface area contributed by atoms with E-state index in [1.165, 1.54) is 12.1 Å². The Morgan fingerprint density at radius 1 is 1.21 bits per heavy atom. The highest BCUT2D eigenvalue weighted by Gasteiger charge is 2.29. The van der Waals surface area contributed by atoms with Crippen molar-refractivity contribution >= 4 is 45.0 Å². The van der Waals surface area contributed by atoms with Gasteiger partial charge in [-0.3, -0.25) is 4.79 Å². The first-order chi connectivity index (χ1) is 16.0. The third-order valence-corrected chi connectivity index (χ3v) is 6.80. The largest absolute Gasteiger partial charge is 0.348 e. The third-order valence-electron chi connectivity index (χ3n) is 5.73. The molecule has 0 saturated carbocycles. The molecule has 1 aliphatic heterocycles. The van der Waals surface area contributed by atoms with Gasteiger partial charge in [0.25, 0.3) is 5.91 Å². The van der Waals surface area contributed by atoms with Crippen LogP contribution in [0.4, 0.5) is 10.2 Å². The van der Waals surface area contributed by atoms with Crippen LogP contribution < -0.4 is 9.62 Å². The number of carbonyl (C=O) groups is 1. The summed E-state index contributed by atoms with van der Waals surface area (Å²) in [5, 5.41) is 1.09. The fourth-order valence-corrected chi connectivity index (χ4v) is 5.18. The summed E-state index contributed by atoms with van der Waals surface area (Å²) in [5.41, 5.74) is 2.39. The Kier molecular flexibility index (Phi) is 6.85. The maximum atomic E-state index is 14.7. The fraction of sp³-hybridized carbons (Fsp3) is 0.250. The molecule has 1 aromatic heterocycles. The molecule has 2 aromatic carbocycles. The minimum absolute atomic E-state index is 0.0985. The standard InChI is InChI=1S/C24H22Cl2FN3O3S/c1-14-9-19(24(31)29-34(2,32)33)21(27)12-18(14)16-11-20(26)23(28-13-16)30-8-4-7-22(30)15-5-3-6-17(25)10-15/h3,5-6,9-13,22H,4,7-8H2,1-2H3,(H,29,31)/t22-/m0/s1. The van der Waals surface area contributed by atoms with Crippen LogP contribution in [0.15, 0.2) is 48.7 Å². The van der Waals surface area contributed by atoms with E-state index in [9.17, 15) is 17.6 Å². The van der Waals surface area contributed by atoms with Gasteiger partial charge in [-0.15, -0.1) is 0 Å². The molecule has 0 unspecified atom stereocenters. The van der Waals surface area contributed by atoms with Crippen molar-refractivity contribution in [3.63, 3.8) is 0 Å². The second-order valence-electron chi connectivity index (χ2n) is 8.29. The third kappa shape index (κ3) is 5.19. The summed E-state index contributed by atoms with van der Waals surface area (Å²) < 4.78 is 39.1. The summed E-state index contributed by atoms with van der Waals surface area (Å²) in [6, 6.07) is 12.0. The minimum atomic E-state index is -3.81. The molecule has 34 heavy (non-hydrogen) atoms. The first-order valence-corrected chi connectivity index (χ1v) is 13.2. The summed E-state index contributed by atoms with van der Waals surface area (Å²) in [5.74, 6) is -1.24. The molecule has 0 radical (unpaired) electrons. The number of amides is 1. The maximum absolute atomic E-state index is 14.7. The number of pyridine rings is 1. The van der Waals surface area contributed by atoms with Crippen LogP contribution in [0.3, 0.4) is 0 Å². The molecular weight excluding hydrogens is 500 g/mol. The zero-order valence-electron chi connectivity index (χ0n) is 18.5. The summed E-state index contributed by atoms with van der Waals surface area (Å²) in [6.07, 6.45) is 4.38. The van der Waals surface area contributed by atoms with Crippen LogP contribution in [0.5, 0.6) is 0 Å². The Labute approximate surface area is 207 Å². The number of aromatic nitrogens is 1. The Balaban J connectivity index is 1.65. The molecule has 1 amide bonds. The molecular formula is C24H22Cl2FN3O3S. The molecule has 10 heteroatoms. The summed E-state index contributed by atoms with van der Waals surface area (Å²) in [4.78, 5) is 18.9. The number of nitrogens with one attached hydrogen (secondary N) is 1. The number of rotatable bonds is 5. The molecule has 1 aliphatic rings. The second-order valence-corrected chi connectivity index (χ2v) is 10.9. The number of carbonyl (C=O) groups excluding carboxylic acids is 1.